The first-order valence-electron chi connectivity index (χ1n) is 9.92. The van der Waals surface area contributed by atoms with Crippen LogP contribution < -0.4 is 5.32 Å². The molecule has 1 N–H and O–H groups in total. The third kappa shape index (κ3) is 5.25. The molecule has 8 heteroatoms. The Bertz CT molecular complexity index is 1040. The molecule has 0 bridgehead atoms. The van der Waals surface area contributed by atoms with Crippen LogP contribution in [0, 0.1) is 13.8 Å². The number of hydrogen-bond acceptors (Lipinski definition) is 5. The van der Waals surface area contributed by atoms with E-state index in [0.717, 1.165) is 30.4 Å². The highest BCUT2D eigenvalue weighted by atomic mass is 32.2. The quantitative estimate of drug-likeness (QED) is 0.710. The second-order valence-electron chi connectivity index (χ2n) is 7.44. The molecule has 0 aromatic heterocycles. The Hall–Kier alpha value is -2.71. The molecule has 1 fully saturated rings. The van der Waals surface area contributed by atoms with Crippen molar-refractivity contribution in [2.24, 2.45) is 0 Å². The Balaban J connectivity index is 1.64. The number of amides is 1. The summed E-state index contributed by atoms with van der Waals surface area (Å²) < 4.78 is 32.1. The lowest BCUT2D eigenvalue weighted by Gasteiger charge is -2.25. The predicted octanol–water partition coefficient (Wildman–Crippen LogP) is 3.27. The standard InChI is InChI=1S/C22H26N2O5S/c1-16-9-10-17(2)20(13-16)23-21(25)15-29-22(26)18-7-6-8-19(14-18)30(27,28)24-11-4-3-5-12-24/h6-10,13-14H,3-5,11-12,15H2,1-2H3,(H,23,25). The highest BCUT2D eigenvalue weighted by Crippen LogP contribution is 2.22. The van der Waals surface area contributed by atoms with Crippen molar-refractivity contribution in [3.05, 3.63) is 59.2 Å². The number of nitrogens with zero attached hydrogens (tertiary/aromatic N) is 1. The molecule has 0 radical (unpaired) electrons. The molecule has 7 nitrogen and oxygen atoms in total. The summed E-state index contributed by atoms with van der Waals surface area (Å²) in [4.78, 5) is 24.6. The second kappa shape index (κ2) is 9.40. The lowest BCUT2D eigenvalue weighted by Crippen LogP contribution is -2.35. The van der Waals surface area contributed by atoms with Crippen molar-refractivity contribution in [1.29, 1.82) is 0 Å². The normalized spacial score (nSPS) is 14.9. The van der Waals surface area contributed by atoms with Gasteiger partial charge in [0.1, 0.15) is 0 Å². The number of aryl methyl sites for hydroxylation is 2. The lowest BCUT2D eigenvalue weighted by molar-refractivity contribution is -0.119. The molecule has 0 atom stereocenters. The third-order valence-electron chi connectivity index (χ3n) is 5.02. The maximum absolute atomic E-state index is 12.8. The maximum atomic E-state index is 12.8. The number of esters is 1. The number of ether oxygens (including phenoxy) is 1. The van der Waals surface area contributed by atoms with E-state index in [-0.39, 0.29) is 10.5 Å². The molecule has 1 amide bonds. The van der Waals surface area contributed by atoms with Crippen molar-refractivity contribution in [3.8, 4) is 0 Å². The van der Waals surface area contributed by atoms with Gasteiger partial charge in [-0.05, 0) is 62.1 Å². The molecule has 0 aliphatic carbocycles. The molecule has 2 aromatic carbocycles. The van der Waals surface area contributed by atoms with E-state index in [1.165, 1.54) is 28.6 Å². The summed E-state index contributed by atoms with van der Waals surface area (Å²) in [6, 6.07) is 11.4. The molecule has 1 heterocycles. The van der Waals surface area contributed by atoms with Crippen molar-refractivity contribution >= 4 is 27.6 Å². The molecular weight excluding hydrogens is 404 g/mol. The van der Waals surface area contributed by atoms with E-state index in [4.69, 9.17) is 4.74 Å². The summed E-state index contributed by atoms with van der Waals surface area (Å²) in [5.74, 6) is -1.21. The smallest absolute Gasteiger partial charge is 0.338 e. The van der Waals surface area contributed by atoms with Crippen LogP contribution in [0.15, 0.2) is 47.4 Å². The van der Waals surface area contributed by atoms with Gasteiger partial charge in [0.2, 0.25) is 10.0 Å². The highest BCUT2D eigenvalue weighted by molar-refractivity contribution is 7.89. The zero-order valence-electron chi connectivity index (χ0n) is 17.2. The Kier molecular flexibility index (Phi) is 6.89. The Morgan fingerprint density at radius 1 is 1.03 bits per heavy atom. The summed E-state index contributed by atoms with van der Waals surface area (Å²) in [5.41, 5.74) is 2.65. The van der Waals surface area contributed by atoms with E-state index in [1.54, 1.807) is 0 Å². The third-order valence-corrected chi connectivity index (χ3v) is 6.92. The Morgan fingerprint density at radius 2 is 1.77 bits per heavy atom. The minimum Gasteiger partial charge on any atom is -0.452 e. The predicted molar refractivity (Wildman–Crippen MR) is 114 cm³/mol. The molecule has 0 spiro atoms. The van der Waals surface area contributed by atoms with Crippen LogP contribution in [0.25, 0.3) is 0 Å². The minimum absolute atomic E-state index is 0.0543. The first-order valence-corrected chi connectivity index (χ1v) is 11.4. The van der Waals surface area contributed by atoms with Gasteiger partial charge in [0.05, 0.1) is 10.5 Å². The van der Waals surface area contributed by atoms with Crippen LogP contribution in [-0.4, -0.2) is 44.3 Å². The second-order valence-corrected chi connectivity index (χ2v) is 9.37. The van der Waals surface area contributed by atoms with Gasteiger partial charge >= 0.3 is 5.97 Å². The van der Waals surface area contributed by atoms with Gasteiger partial charge in [0, 0.05) is 18.8 Å². The van der Waals surface area contributed by atoms with Gasteiger partial charge in [0.25, 0.3) is 5.91 Å². The maximum Gasteiger partial charge on any atom is 0.338 e. The summed E-state index contributed by atoms with van der Waals surface area (Å²) in [5, 5.41) is 2.72. The molecule has 160 valence electrons. The molecule has 1 saturated heterocycles. The molecule has 1 aliphatic rings. The van der Waals surface area contributed by atoms with Crippen LogP contribution >= 0.6 is 0 Å². The fourth-order valence-electron chi connectivity index (χ4n) is 3.31. The van der Waals surface area contributed by atoms with Crippen molar-refractivity contribution in [2.75, 3.05) is 25.0 Å². The number of carbonyl (C=O) groups is 2. The molecule has 3 rings (SSSR count). The highest BCUT2D eigenvalue weighted by Gasteiger charge is 2.26. The van der Waals surface area contributed by atoms with Crippen LogP contribution in [0.1, 0.15) is 40.7 Å². The average Bonchev–Trinajstić information content (AvgIpc) is 2.75. The van der Waals surface area contributed by atoms with Gasteiger partial charge in [-0.2, -0.15) is 4.31 Å². The number of carbonyl (C=O) groups excluding carboxylic acids is 2. The molecule has 0 saturated carbocycles. The molecular formula is C22H26N2O5S. The van der Waals surface area contributed by atoms with Gasteiger partial charge in [-0.1, -0.05) is 24.6 Å². The zero-order chi connectivity index (χ0) is 21.7. The average molecular weight is 431 g/mol. The monoisotopic (exact) mass is 430 g/mol. The summed E-state index contributed by atoms with van der Waals surface area (Å²) in [6.07, 6.45) is 2.68. The van der Waals surface area contributed by atoms with Crippen LogP contribution in [0.5, 0.6) is 0 Å². The number of benzene rings is 2. The van der Waals surface area contributed by atoms with Gasteiger partial charge in [-0.15, -0.1) is 0 Å². The minimum atomic E-state index is -3.65. The van der Waals surface area contributed by atoms with E-state index in [9.17, 15) is 18.0 Å². The lowest BCUT2D eigenvalue weighted by atomic mass is 10.1. The first-order chi connectivity index (χ1) is 14.3. The number of piperidine rings is 1. The van der Waals surface area contributed by atoms with E-state index < -0.39 is 28.5 Å². The summed E-state index contributed by atoms with van der Waals surface area (Å²) in [6.45, 7) is 4.29. The first kappa shape index (κ1) is 22.0. The number of nitrogens with one attached hydrogen (secondary N) is 1. The molecule has 1 aliphatic heterocycles. The summed E-state index contributed by atoms with van der Waals surface area (Å²) in [7, 11) is -3.65. The van der Waals surface area contributed by atoms with Gasteiger partial charge < -0.3 is 10.1 Å². The van der Waals surface area contributed by atoms with E-state index in [2.05, 4.69) is 5.32 Å². The topological polar surface area (TPSA) is 92.8 Å². The van der Waals surface area contributed by atoms with Crippen molar-refractivity contribution in [1.82, 2.24) is 4.31 Å². The van der Waals surface area contributed by atoms with Crippen molar-refractivity contribution in [3.63, 3.8) is 0 Å². The van der Waals surface area contributed by atoms with Crippen LogP contribution in [0.2, 0.25) is 0 Å². The molecule has 0 unspecified atom stereocenters. The molecule has 2 aromatic rings. The fraction of sp³-hybridized carbons (Fsp3) is 0.364. The van der Waals surface area contributed by atoms with Crippen LogP contribution in [0.4, 0.5) is 5.69 Å². The number of hydrogen-bond donors (Lipinski definition) is 1. The largest absolute Gasteiger partial charge is 0.452 e. The van der Waals surface area contributed by atoms with Crippen LogP contribution in [-0.2, 0) is 19.6 Å². The number of sulfonamides is 1. The Morgan fingerprint density at radius 3 is 2.50 bits per heavy atom. The fourth-order valence-corrected chi connectivity index (χ4v) is 4.87. The van der Waals surface area contributed by atoms with Crippen molar-refractivity contribution < 1.29 is 22.7 Å². The molecule has 30 heavy (non-hydrogen) atoms. The van der Waals surface area contributed by atoms with Crippen LogP contribution in [0.3, 0.4) is 0 Å². The zero-order valence-corrected chi connectivity index (χ0v) is 18.0. The van der Waals surface area contributed by atoms with E-state index >= 15 is 0 Å². The van der Waals surface area contributed by atoms with Gasteiger partial charge in [0.15, 0.2) is 6.61 Å². The van der Waals surface area contributed by atoms with Gasteiger partial charge in [-0.3, -0.25) is 4.79 Å². The number of rotatable bonds is 6. The van der Waals surface area contributed by atoms with E-state index in [0.29, 0.717) is 18.8 Å². The number of anilines is 1. The summed E-state index contributed by atoms with van der Waals surface area (Å²) >= 11 is 0. The Labute approximate surface area is 177 Å². The van der Waals surface area contributed by atoms with Gasteiger partial charge in [-0.25, -0.2) is 13.2 Å². The van der Waals surface area contributed by atoms with Crippen molar-refractivity contribution in [2.45, 2.75) is 38.0 Å². The van der Waals surface area contributed by atoms with E-state index in [1.807, 2.05) is 32.0 Å². The SMILES string of the molecule is Cc1ccc(C)c(NC(=O)COC(=O)c2cccc(S(=O)(=O)N3CCCCC3)c2)c1.